The van der Waals surface area contributed by atoms with Gasteiger partial charge in [-0.25, -0.2) is 4.98 Å². The number of rotatable bonds is 4. The Morgan fingerprint density at radius 3 is 3.06 bits per heavy atom. The molecule has 1 aliphatic rings. The molecule has 2 unspecified atom stereocenters. The highest BCUT2D eigenvalue weighted by molar-refractivity contribution is 5.15. The summed E-state index contributed by atoms with van der Waals surface area (Å²) in [4.78, 5) is 4.38. The van der Waals surface area contributed by atoms with E-state index >= 15 is 0 Å². The van der Waals surface area contributed by atoms with E-state index in [1.165, 1.54) is 0 Å². The molecule has 2 atom stereocenters. The van der Waals surface area contributed by atoms with Crippen LogP contribution >= 0.6 is 0 Å². The van der Waals surface area contributed by atoms with Gasteiger partial charge in [-0.15, -0.1) is 0 Å². The topological polar surface area (TPSA) is 43.4 Å². The van der Waals surface area contributed by atoms with E-state index in [0.29, 0.717) is 5.88 Å². The van der Waals surface area contributed by atoms with Crippen LogP contribution in [0.3, 0.4) is 0 Å². The molecule has 1 aliphatic heterocycles. The quantitative estimate of drug-likeness (QED) is 0.865. The fraction of sp³-hybridized carbons (Fsp3) is 0.615. The lowest BCUT2D eigenvalue weighted by Crippen LogP contribution is -2.47. The van der Waals surface area contributed by atoms with Crippen LogP contribution in [0.25, 0.3) is 0 Å². The van der Waals surface area contributed by atoms with Crippen LogP contribution in [0.15, 0.2) is 18.2 Å². The maximum Gasteiger partial charge on any atom is 0.213 e. The fourth-order valence-corrected chi connectivity index (χ4v) is 2.03. The van der Waals surface area contributed by atoms with E-state index in [1.54, 1.807) is 7.11 Å². The molecule has 4 heteroatoms. The Bertz CT molecular complexity index is 383. The van der Waals surface area contributed by atoms with Crippen molar-refractivity contribution in [2.75, 3.05) is 13.7 Å². The third-order valence-corrected chi connectivity index (χ3v) is 3.55. The Hall–Kier alpha value is -1.13. The summed E-state index contributed by atoms with van der Waals surface area (Å²) in [6.07, 6.45) is 1.28. The Balaban J connectivity index is 1.97. The van der Waals surface area contributed by atoms with Gasteiger partial charge in [0.25, 0.3) is 0 Å². The average Bonchev–Trinajstić information content (AvgIpc) is 2.68. The molecule has 1 saturated heterocycles. The minimum absolute atomic E-state index is 0.0464. The Kier molecular flexibility index (Phi) is 3.64. The standard InChI is InChI=1S/C13H20N2O2/c1-10-13(2,7-8-17-10)14-9-11-5-4-6-12(15-11)16-3/h4-6,10,14H,7-9H2,1-3H3. The summed E-state index contributed by atoms with van der Waals surface area (Å²) in [5, 5.41) is 3.53. The van der Waals surface area contributed by atoms with Gasteiger partial charge >= 0.3 is 0 Å². The van der Waals surface area contributed by atoms with Gasteiger partial charge in [0.1, 0.15) is 0 Å². The van der Waals surface area contributed by atoms with Crippen molar-refractivity contribution < 1.29 is 9.47 Å². The van der Waals surface area contributed by atoms with E-state index < -0.39 is 0 Å². The average molecular weight is 236 g/mol. The van der Waals surface area contributed by atoms with Gasteiger partial charge in [0.2, 0.25) is 5.88 Å². The SMILES string of the molecule is COc1cccc(CNC2(C)CCOC2C)n1. The van der Waals surface area contributed by atoms with Gasteiger partial charge in [-0.05, 0) is 26.3 Å². The van der Waals surface area contributed by atoms with Crippen LogP contribution in [-0.2, 0) is 11.3 Å². The van der Waals surface area contributed by atoms with Crippen LogP contribution in [0.2, 0.25) is 0 Å². The van der Waals surface area contributed by atoms with Gasteiger partial charge in [0, 0.05) is 24.8 Å². The summed E-state index contributed by atoms with van der Waals surface area (Å²) in [6.45, 7) is 5.88. The molecule has 1 fully saturated rings. The van der Waals surface area contributed by atoms with E-state index in [9.17, 15) is 0 Å². The third-order valence-electron chi connectivity index (χ3n) is 3.55. The highest BCUT2D eigenvalue weighted by Crippen LogP contribution is 2.25. The number of methoxy groups -OCH3 is 1. The normalized spacial score (nSPS) is 28.3. The molecular weight excluding hydrogens is 216 g/mol. The predicted octanol–water partition coefficient (Wildman–Crippen LogP) is 1.75. The molecule has 2 rings (SSSR count). The fourth-order valence-electron chi connectivity index (χ4n) is 2.03. The van der Waals surface area contributed by atoms with Crippen LogP contribution in [0.1, 0.15) is 26.0 Å². The van der Waals surface area contributed by atoms with Crippen molar-refractivity contribution in [3.63, 3.8) is 0 Å². The van der Waals surface area contributed by atoms with Crippen LogP contribution in [0, 0.1) is 0 Å². The summed E-state index contributed by atoms with van der Waals surface area (Å²) in [7, 11) is 1.63. The molecule has 1 aromatic heterocycles. The lowest BCUT2D eigenvalue weighted by molar-refractivity contribution is 0.0880. The molecule has 0 spiro atoms. The maximum atomic E-state index is 5.59. The lowest BCUT2D eigenvalue weighted by Gasteiger charge is -2.28. The largest absolute Gasteiger partial charge is 0.481 e. The van der Waals surface area contributed by atoms with Gasteiger partial charge in [-0.2, -0.15) is 0 Å². The zero-order valence-corrected chi connectivity index (χ0v) is 10.7. The maximum absolute atomic E-state index is 5.59. The highest BCUT2D eigenvalue weighted by atomic mass is 16.5. The first-order valence-corrected chi connectivity index (χ1v) is 6.00. The lowest BCUT2D eigenvalue weighted by atomic mass is 9.94. The molecule has 0 aliphatic carbocycles. The smallest absolute Gasteiger partial charge is 0.213 e. The van der Waals surface area contributed by atoms with E-state index in [1.807, 2.05) is 18.2 Å². The second-order valence-electron chi connectivity index (χ2n) is 4.71. The Morgan fingerprint density at radius 2 is 2.41 bits per heavy atom. The van der Waals surface area contributed by atoms with Crippen molar-refractivity contribution in [2.24, 2.45) is 0 Å². The van der Waals surface area contributed by atoms with Crippen LogP contribution in [0.5, 0.6) is 5.88 Å². The zero-order valence-electron chi connectivity index (χ0n) is 10.7. The highest BCUT2D eigenvalue weighted by Gasteiger charge is 2.36. The Morgan fingerprint density at radius 1 is 1.59 bits per heavy atom. The first kappa shape index (κ1) is 12.3. The van der Waals surface area contributed by atoms with Crippen LogP contribution in [-0.4, -0.2) is 30.3 Å². The molecule has 1 N–H and O–H groups in total. The summed E-state index contributed by atoms with van der Waals surface area (Å²) >= 11 is 0. The summed E-state index contributed by atoms with van der Waals surface area (Å²) in [5.41, 5.74) is 1.04. The molecule has 0 aromatic carbocycles. The van der Waals surface area contributed by atoms with Gasteiger partial charge in [-0.3, -0.25) is 0 Å². The molecule has 94 valence electrons. The van der Waals surface area contributed by atoms with Gasteiger partial charge in [0.15, 0.2) is 0 Å². The van der Waals surface area contributed by atoms with Gasteiger partial charge < -0.3 is 14.8 Å². The minimum atomic E-state index is 0.0464. The van der Waals surface area contributed by atoms with Crippen molar-refractivity contribution in [1.82, 2.24) is 10.3 Å². The molecule has 1 aromatic rings. The van der Waals surface area contributed by atoms with Crippen molar-refractivity contribution in [2.45, 2.75) is 38.5 Å². The number of ether oxygens (including phenoxy) is 2. The molecule has 0 saturated carbocycles. The van der Waals surface area contributed by atoms with Crippen molar-refractivity contribution in [3.8, 4) is 5.88 Å². The molecule has 2 heterocycles. The van der Waals surface area contributed by atoms with Crippen molar-refractivity contribution in [1.29, 1.82) is 0 Å². The van der Waals surface area contributed by atoms with Crippen molar-refractivity contribution in [3.05, 3.63) is 23.9 Å². The number of pyridine rings is 1. The number of nitrogens with zero attached hydrogens (tertiary/aromatic N) is 1. The first-order chi connectivity index (χ1) is 8.14. The summed E-state index contributed by atoms with van der Waals surface area (Å²) < 4.78 is 10.7. The van der Waals surface area contributed by atoms with Crippen LogP contribution < -0.4 is 10.1 Å². The van der Waals surface area contributed by atoms with Gasteiger partial charge in [0.05, 0.1) is 18.9 Å². The number of aromatic nitrogens is 1. The monoisotopic (exact) mass is 236 g/mol. The molecule has 0 bridgehead atoms. The minimum Gasteiger partial charge on any atom is -0.481 e. The first-order valence-electron chi connectivity index (χ1n) is 6.00. The summed E-state index contributed by atoms with van der Waals surface area (Å²) in [5.74, 6) is 0.658. The predicted molar refractivity (Wildman–Crippen MR) is 66.1 cm³/mol. The second kappa shape index (κ2) is 5.02. The van der Waals surface area contributed by atoms with E-state index in [4.69, 9.17) is 9.47 Å². The Labute approximate surface area is 102 Å². The number of hydrogen-bond acceptors (Lipinski definition) is 4. The summed E-state index contributed by atoms with van der Waals surface area (Å²) in [6, 6.07) is 5.81. The van der Waals surface area contributed by atoms with Gasteiger partial charge in [-0.1, -0.05) is 6.07 Å². The van der Waals surface area contributed by atoms with Crippen LogP contribution in [0.4, 0.5) is 0 Å². The number of nitrogens with one attached hydrogen (secondary N) is 1. The third kappa shape index (κ3) is 2.76. The van der Waals surface area contributed by atoms with Crippen molar-refractivity contribution >= 4 is 0 Å². The molecule has 17 heavy (non-hydrogen) atoms. The zero-order chi connectivity index (χ0) is 12.3. The second-order valence-corrected chi connectivity index (χ2v) is 4.71. The van der Waals surface area contributed by atoms with E-state index in [-0.39, 0.29) is 11.6 Å². The molecule has 4 nitrogen and oxygen atoms in total. The van der Waals surface area contributed by atoms with E-state index in [0.717, 1.165) is 25.3 Å². The molecular formula is C13H20N2O2. The van der Waals surface area contributed by atoms with E-state index in [2.05, 4.69) is 24.1 Å². The molecule has 0 radical (unpaired) electrons. The number of hydrogen-bond donors (Lipinski definition) is 1. The molecule has 0 amide bonds.